The summed E-state index contributed by atoms with van der Waals surface area (Å²) in [5.41, 5.74) is 5.55. The van der Waals surface area contributed by atoms with Crippen molar-refractivity contribution in [2.45, 2.75) is 25.7 Å². The van der Waals surface area contributed by atoms with Crippen molar-refractivity contribution in [2.75, 3.05) is 13.1 Å². The number of primary amides is 1. The number of hydrogen-bond donors (Lipinski definition) is 1. The second-order valence-electron chi connectivity index (χ2n) is 5.24. The van der Waals surface area contributed by atoms with E-state index in [9.17, 15) is 18.0 Å². The maximum atomic E-state index is 12.5. The average molecular weight is 312 g/mol. The summed E-state index contributed by atoms with van der Waals surface area (Å²) in [5.74, 6) is -0.801. The minimum absolute atomic E-state index is 0.0365. The molecule has 21 heavy (non-hydrogen) atoms. The zero-order valence-electron chi connectivity index (χ0n) is 12.4. The Morgan fingerprint density at radius 2 is 1.71 bits per heavy atom. The van der Waals surface area contributed by atoms with E-state index in [4.69, 9.17) is 5.73 Å². The molecule has 0 spiro atoms. The monoisotopic (exact) mass is 312 g/mol. The van der Waals surface area contributed by atoms with Crippen molar-refractivity contribution in [1.82, 2.24) is 4.31 Å². The molecule has 0 aliphatic rings. The molecule has 0 bridgehead atoms. The van der Waals surface area contributed by atoms with Gasteiger partial charge in [0, 0.05) is 12.1 Å². The van der Waals surface area contributed by atoms with E-state index in [2.05, 4.69) is 0 Å². The van der Waals surface area contributed by atoms with Crippen LogP contribution < -0.4 is 5.73 Å². The molecule has 6 nitrogen and oxygen atoms in total. The molecule has 0 unspecified atom stereocenters. The number of benzene rings is 1. The first-order valence-electron chi connectivity index (χ1n) is 6.54. The number of nitrogens with zero attached hydrogens (tertiary/aromatic N) is 1. The largest absolute Gasteiger partial charge is 0.369 e. The van der Waals surface area contributed by atoms with E-state index >= 15 is 0 Å². The van der Waals surface area contributed by atoms with Crippen molar-refractivity contribution >= 4 is 21.7 Å². The maximum absolute atomic E-state index is 12.5. The normalized spacial score (nSPS) is 11.9. The average Bonchev–Trinajstić information content (AvgIpc) is 2.37. The van der Waals surface area contributed by atoms with Crippen LogP contribution in [0, 0.1) is 5.92 Å². The van der Waals surface area contributed by atoms with Crippen LogP contribution in [0.15, 0.2) is 29.2 Å². The minimum atomic E-state index is -3.81. The molecule has 0 aliphatic heterocycles. The Morgan fingerprint density at radius 1 is 1.19 bits per heavy atom. The third kappa shape index (κ3) is 4.64. The number of carbonyl (C=O) groups is 2. The van der Waals surface area contributed by atoms with Gasteiger partial charge in [-0.3, -0.25) is 9.59 Å². The fourth-order valence-electron chi connectivity index (χ4n) is 1.84. The van der Waals surface area contributed by atoms with Crippen molar-refractivity contribution in [3.8, 4) is 0 Å². The molecule has 0 aliphatic carbocycles. The van der Waals surface area contributed by atoms with Crippen LogP contribution in [0.4, 0.5) is 0 Å². The highest BCUT2D eigenvalue weighted by molar-refractivity contribution is 7.89. The molecular weight excluding hydrogens is 292 g/mol. The number of carbonyl (C=O) groups excluding carboxylic acids is 2. The van der Waals surface area contributed by atoms with Gasteiger partial charge in [0.25, 0.3) is 0 Å². The molecular formula is C14H20N2O4S. The van der Waals surface area contributed by atoms with Gasteiger partial charge in [0.1, 0.15) is 0 Å². The van der Waals surface area contributed by atoms with Gasteiger partial charge in [0.05, 0.1) is 11.4 Å². The van der Waals surface area contributed by atoms with Crippen LogP contribution in [-0.4, -0.2) is 37.5 Å². The molecule has 0 saturated heterocycles. The Balaban J connectivity index is 3.15. The van der Waals surface area contributed by atoms with E-state index in [1.807, 2.05) is 13.8 Å². The third-order valence-corrected chi connectivity index (χ3v) is 4.63. The molecule has 0 saturated carbocycles. The molecule has 1 aromatic rings. The highest BCUT2D eigenvalue weighted by Crippen LogP contribution is 2.18. The Labute approximate surface area is 125 Å². The lowest BCUT2D eigenvalue weighted by Crippen LogP contribution is -2.40. The lowest BCUT2D eigenvalue weighted by Gasteiger charge is -2.22. The molecule has 7 heteroatoms. The summed E-state index contributed by atoms with van der Waals surface area (Å²) < 4.78 is 26.1. The molecule has 0 heterocycles. The van der Waals surface area contributed by atoms with E-state index < -0.39 is 15.9 Å². The fraction of sp³-hybridized carbons (Fsp3) is 0.429. The fourth-order valence-corrected chi connectivity index (χ4v) is 3.41. The van der Waals surface area contributed by atoms with Gasteiger partial charge in [-0.15, -0.1) is 0 Å². The quantitative estimate of drug-likeness (QED) is 0.760. The highest BCUT2D eigenvalue weighted by Gasteiger charge is 2.26. The van der Waals surface area contributed by atoms with Crippen molar-refractivity contribution in [3.63, 3.8) is 0 Å². The molecule has 0 fully saturated rings. The summed E-state index contributed by atoms with van der Waals surface area (Å²) in [6.07, 6.45) is 0. The van der Waals surface area contributed by atoms with Gasteiger partial charge < -0.3 is 5.73 Å². The van der Waals surface area contributed by atoms with Gasteiger partial charge in [-0.05, 0) is 25.0 Å². The second kappa shape index (κ2) is 6.82. The number of Topliss-reactive ketones (excluding diaryl/α,β-unsaturated/α-hetero) is 1. The number of amides is 1. The molecule has 1 rings (SSSR count). The lowest BCUT2D eigenvalue weighted by atomic mass is 10.2. The highest BCUT2D eigenvalue weighted by atomic mass is 32.2. The van der Waals surface area contributed by atoms with Crippen molar-refractivity contribution < 1.29 is 18.0 Å². The van der Waals surface area contributed by atoms with E-state index in [0.717, 1.165) is 4.31 Å². The lowest BCUT2D eigenvalue weighted by molar-refractivity contribution is -0.118. The van der Waals surface area contributed by atoms with Crippen LogP contribution in [0.3, 0.4) is 0 Å². The van der Waals surface area contributed by atoms with E-state index in [-0.39, 0.29) is 29.7 Å². The van der Waals surface area contributed by atoms with Crippen LogP contribution in [0.5, 0.6) is 0 Å². The molecule has 2 N–H and O–H groups in total. The van der Waals surface area contributed by atoms with Gasteiger partial charge in [-0.1, -0.05) is 26.0 Å². The van der Waals surface area contributed by atoms with Gasteiger partial charge in [-0.25, -0.2) is 8.42 Å². The first kappa shape index (κ1) is 17.3. The Morgan fingerprint density at radius 3 is 2.10 bits per heavy atom. The van der Waals surface area contributed by atoms with E-state index in [1.165, 1.54) is 31.2 Å². The molecule has 116 valence electrons. The van der Waals surface area contributed by atoms with Gasteiger partial charge in [-0.2, -0.15) is 4.31 Å². The topological polar surface area (TPSA) is 97.5 Å². The van der Waals surface area contributed by atoms with Gasteiger partial charge in [0.15, 0.2) is 5.78 Å². The summed E-state index contributed by atoms with van der Waals surface area (Å²) in [5, 5.41) is 0. The van der Waals surface area contributed by atoms with Crippen molar-refractivity contribution in [3.05, 3.63) is 29.8 Å². The van der Waals surface area contributed by atoms with Gasteiger partial charge >= 0.3 is 0 Å². The Hall–Kier alpha value is -1.73. The zero-order chi connectivity index (χ0) is 16.2. The number of rotatable bonds is 7. The molecule has 0 atom stereocenters. The predicted molar refractivity (Wildman–Crippen MR) is 79.2 cm³/mol. The number of ketones is 1. The van der Waals surface area contributed by atoms with Crippen LogP contribution in [0.25, 0.3) is 0 Å². The maximum Gasteiger partial charge on any atom is 0.243 e. The molecule has 1 amide bonds. The standard InChI is InChI=1S/C14H20N2O4S/c1-10(2)8-16(9-14(15)18)21(19,20)13-6-4-12(5-7-13)11(3)17/h4-7,10H,8-9H2,1-3H3,(H2,15,18). The Kier molecular flexibility index (Phi) is 5.62. The summed E-state index contributed by atoms with van der Waals surface area (Å²) in [6, 6.07) is 5.63. The van der Waals surface area contributed by atoms with Crippen molar-refractivity contribution in [1.29, 1.82) is 0 Å². The smallest absolute Gasteiger partial charge is 0.243 e. The number of sulfonamides is 1. The van der Waals surface area contributed by atoms with E-state index in [0.29, 0.717) is 5.56 Å². The summed E-state index contributed by atoms with van der Waals surface area (Å²) in [6.45, 7) is 4.93. The Bertz CT molecular complexity index is 621. The van der Waals surface area contributed by atoms with Crippen LogP contribution in [-0.2, 0) is 14.8 Å². The summed E-state index contributed by atoms with van der Waals surface area (Å²) in [4.78, 5) is 22.3. The molecule has 1 aromatic carbocycles. The van der Waals surface area contributed by atoms with Gasteiger partial charge in [0.2, 0.25) is 15.9 Å². The number of hydrogen-bond acceptors (Lipinski definition) is 4. The van der Waals surface area contributed by atoms with E-state index in [1.54, 1.807) is 0 Å². The predicted octanol–water partition coefficient (Wildman–Crippen LogP) is 1.02. The summed E-state index contributed by atoms with van der Waals surface area (Å²) in [7, 11) is -3.81. The molecule has 0 radical (unpaired) electrons. The van der Waals surface area contributed by atoms with Crippen LogP contribution in [0.2, 0.25) is 0 Å². The first-order chi connectivity index (χ1) is 9.64. The van der Waals surface area contributed by atoms with Crippen LogP contribution in [0.1, 0.15) is 31.1 Å². The van der Waals surface area contributed by atoms with Crippen LogP contribution >= 0.6 is 0 Å². The summed E-state index contributed by atoms with van der Waals surface area (Å²) >= 11 is 0. The molecule has 0 aromatic heterocycles. The second-order valence-corrected chi connectivity index (χ2v) is 7.18. The zero-order valence-corrected chi connectivity index (χ0v) is 13.2. The minimum Gasteiger partial charge on any atom is -0.369 e. The third-order valence-electron chi connectivity index (χ3n) is 2.80. The number of nitrogens with two attached hydrogens (primary N) is 1. The van der Waals surface area contributed by atoms with Crippen molar-refractivity contribution in [2.24, 2.45) is 11.7 Å². The first-order valence-corrected chi connectivity index (χ1v) is 7.98. The SMILES string of the molecule is CC(=O)c1ccc(S(=O)(=O)N(CC(N)=O)CC(C)C)cc1.